The Bertz CT molecular complexity index is 1120. The van der Waals surface area contributed by atoms with Crippen LogP contribution in [0.4, 0.5) is 10.1 Å². The maximum Gasteiger partial charge on any atom is 0.306 e. The molecule has 3 heterocycles. The number of halogens is 1. The number of aliphatic carboxylic acids is 1. The molecule has 2 N–H and O–H groups in total. The Labute approximate surface area is 185 Å². The molecule has 3 aliphatic heterocycles. The fourth-order valence-electron chi connectivity index (χ4n) is 4.85. The lowest BCUT2D eigenvalue weighted by molar-refractivity contribution is -0.143. The molecular weight excluding hydrogens is 411 g/mol. The number of likely N-dealkylation sites (tertiary alicyclic amines) is 1. The summed E-state index contributed by atoms with van der Waals surface area (Å²) in [5, 5.41) is 11.9. The Balaban J connectivity index is 1.26. The maximum absolute atomic E-state index is 13.8. The first-order valence-corrected chi connectivity index (χ1v) is 11.1. The van der Waals surface area contributed by atoms with Crippen molar-refractivity contribution in [2.75, 3.05) is 25.0 Å². The number of aryl methyl sites for hydroxylation is 1. The maximum atomic E-state index is 13.8. The molecule has 0 radical (unpaired) electrons. The third-order valence-corrected chi connectivity index (χ3v) is 6.62. The number of ether oxygens (including phenoxy) is 1. The van der Waals surface area contributed by atoms with E-state index >= 15 is 0 Å². The average molecular weight is 436 g/mol. The third-order valence-electron chi connectivity index (χ3n) is 6.62. The van der Waals surface area contributed by atoms with Crippen molar-refractivity contribution in [1.29, 1.82) is 0 Å². The molecule has 1 amide bonds. The summed E-state index contributed by atoms with van der Waals surface area (Å²) >= 11 is 0. The summed E-state index contributed by atoms with van der Waals surface area (Å²) in [5.41, 5.74) is 4.64. The van der Waals surface area contributed by atoms with Crippen molar-refractivity contribution in [1.82, 2.24) is 4.90 Å². The molecule has 32 heavy (non-hydrogen) atoms. The van der Waals surface area contributed by atoms with Gasteiger partial charge in [-0.1, -0.05) is 18.2 Å². The molecule has 6 nitrogen and oxygen atoms in total. The summed E-state index contributed by atoms with van der Waals surface area (Å²) in [6, 6.07) is 10.4. The first kappa shape index (κ1) is 20.7. The molecule has 0 unspecified atom stereocenters. The van der Waals surface area contributed by atoms with E-state index in [1.54, 1.807) is 6.07 Å². The third kappa shape index (κ3) is 3.88. The molecule has 166 valence electrons. The molecule has 0 aliphatic carbocycles. The monoisotopic (exact) mass is 436 g/mol. The van der Waals surface area contributed by atoms with Gasteiger partial charge in [-0.3, -0.25) is 9.59 Å². The number of carbonyl (C=O) groups is 2. The lowest BCUT2D eigenvalue weighted by atomic mass is 9.96. The van der Waals surface area contributed by atoms with Crippen LogP contribution in [0.15, 0.2) is 36.4 Å². The first-order valence-electron chi connectivity index (χ1n) is 11.1. The van der Waals surface area contributed by atoms with Crippen molar-refractivity contribution >= 4 is 28.9 Å². The second-order valence-corrected chi connectivity index (χ2v) is 8.69. The Morgan fingerprint density at radius 3 is 2.75 bits per heavy atom. The normalized spacial score (nSPS) is 20.6. The lowest BCUT2D eigenvalue weighted by Crippen LogP contribution is -2.36. The van der Waals surface area contributed by atoms with Gasteiger partial charge < -0.3 is 20.1 Å². The van der Waals surface area contributed by atoms with Crippen molar-refractivity contribution in [2.45, 2.75) is 32.3 Å². The Morgan fingerprint density at radius 2 is 1.97 bits per heavy atom. The summed E-state index contributed by atoms with van der Waals surface area (Å²) in [6.45, 7) is 3.03. The summed E-state index contributed by atoms with van der Waals surface area (Å²) in [5.74, 6) is -1.03. The van der Waals surface area contributed by atoms with Gasteiger partial charge in [0.1, 0.15) is 18.2 Å². The number of amides is 1. The van der Waals surface area contributed by atoms with E-state index in [0.717, 1.165) is 56.4 Å². The number of hydrogen-bond donors (Lipinski definition) is 2. The van der Waals surface area contributed by atoms with Crippen molar-refractivity contribution in [3.63, 3.8) is 0 Å². The largest absolute Gasteiger partial charge is 0.487 e. The van der Waals surface area contributed by atoms with E-state index in [9.17, 15) is 14.0 Å². The number of carbonyl (C=O) groups excluding carboxylic acids is 1. The van der Waals surface area contributed by atoms with Gasteiger partial charge in [-0.05, 0) is 69.1 Å². The van der Waals surface area contributed by atoms with Crippen molar-refractivity contribution < 1.29 is 23.8 Å². The van der Waals surface area contributed by atoms with Crippen LogP contribution in [0.25, 0.3) is 11.3 Å². The number of carboxylic acid groups (broad SMARTS) is 1. The van der Waals surface area contributed by atoms with Crippen LogP contribution in [0.2, 0.25) is 0 Å². The minimum atomic E-state index is -0.678. The summed E-state index contributed by atoms with van der Waals surface area (Å²) in [4.78, 5) is 26.0. The van der Waals surface area contributed by atoms with Gasteiger partial charge in [-0.25, -0.2) is 4.39 Å². The van der Waals surface area contributed by atoms with E-state index in [-0.39, 0.29) is 17.6 Å². The molecule has 1 saturated heterocycles. The van der Waals surface area contributed by atoms with E-state index in [1.807, 2.05) is 6.07 Å². The standard InChI is InChI=1S/C25H25FN2O4/c26-18-4-6-21-20(13-18)22(24(29)27-21)23-19-5-3-15(12-17(19)14-32-23)2-1-9-28-10-7-16(8-11-28)25(30)31/h3-6,12-13,16H,1-2,7-11,14H2,(H,27,29)(H,30,31)/b23-22+. The molecule has 1 fully saturated rings. The molecule has 2 aromatic carbocycles. The highest BCUT2D eigenvalue weighted by Gasteiger charge is 2.33. The van der Waals surface area contributed by atoms with Gasteiger partial charge in [0.15, 0.2) is 0 Å². The van der Waals surface area contributed by atoms with Crippen molar-refractivity contribution in [3.05, 3.63) is 64.5 Å². The van der Waals surface area contributed by atoms with Gasteiger partial charge in [0.05, 0.1) is 11.5 Å². The highest BCUT2D eigenvalue weighted by atomic mass is 19.1. The summed E-state index contributed by atoms with van der Waals surface area (Å²) in [6.07, 6.45) is 3.38. The highest BCUT2D eigenvalue weighted by Crippen LogP contribution is 2.42. The number of hydrogen-bond acceptors (Lipinski definition) is 4. The van der Waals surface area contributed by atoms with Gasteiger partial charge in [0.2, 0.25) is 0 Å². The van der Waals surface area contributed by atoms with Crippen molar-refractivity contribution in [3.8, 4) is 0 Å². The van der Waals surface area contributed by atoms with E-state index in [2.05, 4.69) is 22.3 Å². The predicted molar refractivity (Wildman–Crippen MR) is 118 cm³/mol. The number of carboxylic acids is 1. The lowest BCUT2D eigenvalue weighted by Gasteiger charge is -2.29. The van der Waals surface area contributed by atoms with Crippen LogP contribution < -0.4 is 5.32 Å². The molecule has 3 aliphatic rings. The fourth-order valence-corrected chi connectivity index (χ4v) is 4.85. The summed E-state index contributed by atoms with van der Waals surface area (Å²) < 4.78 is 19.7. The second-order valence-electron chi connectivity index (χ2n) is 8.69. The van der Waals surface area contributed by atoms with E-state index in [4.69, 9.17) is 9.84 Å². The minimum absolute atomic E-state index is 0.198. The van der Waals surface area contributed by atoms with Crippen molar-refractivity contribution in [2.24, 2.45) is 5.92 Å². The van der Waals surface area contributed by atoms with Crippen LogP contribution in [0.3, 0.4) is 0 Å². The number of anilines is 1. The molecule has 5 rings (SSSR count). The number of fused-ring (bicyclic) bond motifs is 2. The zero-order valence-electron chi connectivity index (χ0n) is 17.7. The topological polar surface area (TPSA) is 78.9 Å². The van der Waals surface area contributed by atoms with Gasteiger partial charge in [0.25, 0.3) is 5.91 Å². The van der Waals surface area contributed by atoms with Crippen LogP contribution in [0.1, 0.15) is 41.5 Å². The Morgan fingerprint density at radius 1 is 1.16 bits per heavy atom. The first-order chi connectivity index (χ1) is 15.5. The smallest absolute Gasteiger partial charge is 0.306 e. The second kappa shape index (κ2) is 8.39. The zero-order valence-corrected chi connectivity index (χ0v) is 17.7. The van der Waals surface area contributed by atoms with Gasteiger partial charge in [-0.15, -0.1) is 0 Å². The van der Waals surface area contributed by atoms with Crippen LogP contribution in [-0.2, 0) is 27.4 Å². The molecule has 0 aromatic heterocycles. The van der Waals surface area contributed by atoms with Gasteiger partial charge >= 0.3 is 5.97 Å². The average Bonchev–Trinajstić information content (AvgIpc) is 3.33. The van der Waals surface area contributed by atoms with E-state index in [0.29, 0.717) is 29.2 Å². The Hall–Kier alpha value is -3.19. The molecule has 2 aromatic rings. The molecule has 7 heteroatoms. The van der Waals surface area contributed by atoms with Crippen LogP contribution in [0.5, 0.6) is 0 Å². The number of nitrogens with zero attached hydrogens (tertiary/aromatic N) is 1. The predicted octanol–water partition coefficient (Wildman–Crippen LogP) is 3.91. The number of benzene rings is 2. The molecule has 0 saturated carbocycles. The SMILES string of the molecule is O=C1Nc2ccc(F)cc2/C1=C1\OCc2cc(CCCN3CCC(C(=O)O)CC3)ccc21. The van der Waals surface area contributed by atoms with Gasteiger partial charge in [0, 0.05) is 22.4 Å². The molecular formula is C25H25FN2O4. The number of nitrogens with one attached hydrogen (secondary N) is 1. The fraction of sp³-hybridized carbons (Fsp3) is 0.360. The van der Waals surface area contributed by atoms with E-state index in [1.165, 1.54) is 17.7 Å². The minimum Gasteiger partial charge on any atom is -0.487 e. The number of rotatable bonds is 5. The molecule has 0 spiro atoms. The van der Waals surface area contributed by atoms with Crippen LogP contribution in [0, 0.1) is 11.7 Å². The molecule has 0 atom stereocenters. The van der Waals surface area contributed by atoms with E-state index < -0.39 is 5.97 Å². The molecule has 0 bridgehead atoms. The quantitative estimate of drug-likeness (QED) is 0.695. The van der Waals surface area contributed by atoms with Gasteiger partial charge in [-0.2, -0.15) is 0 Å². The Kier molecular flexibility index (Phi) is 5.43. The highest BCUT2D eigenvalue weighted by molar-refractivity contribution is 6.36. The summed E-state index contributed by atoms with van der Waals surface area (Å²) in [7, 11) is 0. The van der Waals surface area contributed by atoms with Crippen LogP contribution >= 0.6 is 0 Å². The number of piperidine rings is 1. The zero-order chi connectivity index (χ0) is 22.2. The van der Waals surface area contributed by atoms with Crippen LogP contribution in [-0.4, -0.2) is 41.5 Å².